The van der Waals surface area contributed by atoms with Gasteiger partial charge in [-0.15, -0.1) is 0 Å². The van der Waals surface area contributed by atoms with E-state index in [4.69, 9.17) is 30.4 Å². The fourth-order valence-electron chi connectivity index (χ4n) is 10.9. The average Bonchev–Trinajstić information content (AvgIpc) is 3.43. The van der Waals surface area contributed by atoms with E-state index < -0.39 is 0 Å². The molecule has 10 nitrogen and oxygen atoms in total. The molecule has 0 spiro atoms. The summed E-state index contributed by atoms with van der Waals surface area (Å²) in [6.07, 6.45) is 11.9. The molecule has 4 fully saturated rings. The Kier molecular flexibility index (Phi) is 15.0. The predicted octanol–water partition coefficient (Wildman–Crippen LogP) is 6.64. The maximum Gasteiger partial charge on any atom is 0.307 e. The van der Waals surface area contributed by atoms with Gasteiger partial charge >= 0.3 is 23.9 Å². The summed E-state index contributed by atoms with van der Waals surface area (Å²) in [6, 6.07) is 0. The molecule has 0 aromatic heterocycles. The summed E-state index contributed by atoms with van der Waals surface area (Å²) in [5.74, 6) is 0.247. The minimum atomic E-state index is -0.358. The number of rotatable bonds is 18. The van der Waals surface area contributed by atoms with Crippen LogP contribution in [0.25, 0.3) is 0 Å². The van der Waals surface area contributed by atoms with Gasteiger partial charge in [0.25, 0.3) is 0 Å². The van der Waals surface area contributed by atoms with Crippen molar-refractivity contribution in [3.05, 3.63) is 0 Å². The smallest absolute Gasteiger partial charge is 0.307 e. The molecule has 0 saturated heterocycles. The van der Waals surface area contributed by atoms with Gasteiger partial charge in [0.2, 0.25) is 0 Å². The van der Waals surface area contributed by atoms with E-state index in [1.807, 2.05) is 6.92 Å². The molecule has 4 aliphatic carbocycles. The Morgan fingerprint density at radius 1 is 0.740 bits per heavy atom. The molecule has 0 aromatic rings. The van der Waals surface area contributed by atoms with E-state index >= 15 is 0 Å². The van der Waals surface area contributed by atoms with Crippen LogP contribution < -0.4 is 11.5 Å². The molecule has 11 atom stereocenters. The fraction of sp³-hybridized carbons (Fsp3) is 0.900. The summed E-state index contributed by atoms with van der Waals surface area (Å²) in [5.41, 5.74) is 11.2. The van der Waals surface area contributed by atoms with E-state index in [2.05, 4.69) is 27.7 Å². The van der Waals surface area contributed by atoms with Gasteiger partial charge < -0.3 is 30.4 Å². The first-order valence-electron chi connectivity index (χ1n) is 20.1. The Morgan fingerprint density at radius 3 is 2.12 bits per heavy atom. The number of hydrogen-bond donors (Lipinski definition) is 2. The molecule has 0 aromatic carbocycles. The maximum atomic E-state index is 13.2. The van der Waals surface area contributed by atoms with Gasteiger partial charge in [-0.25, -0.2) is 0 Å². The summed E-state index contributed by atoms with van der Waals surface area (Å²) >= 11 is 0. The summed E-state index contributed by atoms with van der Waals surface area (Å²) in [4.78, 5) is 51.5. The number of unbranched alkanes of at least 4 members (excludes halogenated alkanes) is 3. The number of carbonyl (C=O) groups excluding carboxylic acids is 4. The van der Waals surface area contributed by atoms with Crippen LogP contribution in [0.15, 0.2) is 0 Å². The monoisotopic (exact) mass is 704 g/mol. The van der Waals surface area contributed by atoms with Crippen molar-refractivity contribution < 1.29 is 38.1 Å². The van der Waals surface area contributed by atoms with Crippen LogP contribution in [0.2, 0.25) is 0 Å². The largest absolute Gasteiger partial charge is 0.466 e. The van der Waals surface area contributed by atoms with Gasteiger partial charge in [0, 0.05) is 37.3 Å². The van der Waals surface area contributed by atoms with Crippen molar-refractivity contribution in [2.45, 2.75) is 162 Å². The van der Waals surface area contributed by atoms with Crippen molar-refractivity contribution in [3.63, 3.8) is 0 Å². The lowest BCUT2D eigenvalue weighted by molar-refractivity contribution is -0.225. The molecule has 4 aliphatic rings. The molecule has 0 unspecified atom stereocenters. The molecule has 0 bridgehead atoms. The molecule has 286 valence electrons. The van der Waals surface area contributed by atoms with Gasteiger partial charge in [-0.05, 0) is 99.2 Å². The third kappa shape index (κ3) is 9.23. The number of ether oxygens (including phenoxy) is 4. The Hall–Kier alpha value is -2.20. The first-order chi connectivity index (χ1) is 23.9. The Morgan fingerprint density at radius 2 is 1.44 bits per heavy atom. The normalized spacial score (nSPS) is 35.2. The zero-order valence-corrected chi connectivity index (χ0v) is 31.8. The molecular weight excluding hydrogens is 636 g/mol. The first kappa shape index (κ1) is 40.6. The fourth-order valence-corrected chi connectivity index (χ4v) is 10.9. The molecule has 0 amide bonds. The third-order valence-electron chi connectivity index (χ3n) is 13.5. The molecule has 4 rings (SSSR count). The van der Waals surface area contributed by atoms with Crippen molar-refractivity contribution in [1.82, 2.24) is 0 Å². The molecule has 4 N–H and O–H groups in total. The molecular formula is C40H68N2O8. The van der Waals surface area contributed by atoms with E-state index in [9.17, 15) is 19.2 Å². The Labute approximate surface area is 301 Å². The SMILES string of the molecule is CCCCCCOC(=O)CC[C@@H](C)[C@H]1CC[C@H]2[C@@H]3[C@H](OC(=O)CCN)C[C@@H]4C[C@H](OC(=O)CCC)CC[C@]4(C)[C@H]3C[C@H](OC(=O)CCN)[C@]12C. The molecule has 4 saturated carbocycles. The highest BCUT2D eigenvalue weighted by Gasteiger charge is 2.67. The van der Waals surface area contributed by atoms with Crippen molar-refractivity contribution >= 4 is 23.9 Å². The number of carbonyl (C=O) groups is 4. The van der Waals surface area contributed by atoms with Gasteiger partial charge in [-0.3, -0.25) is 19.2 Å². The quantitative estimate of drug-likeness (QED) is 0.0901. The van der Waals surface area contributed by atoms with Crippen LogP contribution in [0.5, 0.6) is 0 Å². The number of nitrogens with two attached hydrogens (primary N) is 2. The number of fused-ring (bicyclic) bond motifs is 5. The van der Waals surface area contributed by atoms with Crippen LogP contribution in [0.1, 0.15) is 144 Å². The van der Waals surface area contributed by atoms with Gasteiger partial charge in [0.05, 0.1) is 19.4 Å². The second kappa shape index (κ2) is 18.5. The summed E-state index contributed by atoms with van der Waals surface area (Å²) in [6.45, 7) is 12.0. The molecule has 0 heterocycles. The topological polar surface area (TPSA) is 157 Å². The Bertz CT molecular complexity index is 1150. The highest BCUT2D eigenvalue weighted by atomic mass is 16.6. The van der Waals surface area contributed by atoms with Gasteiger partial charge in [0.1, 0.15) is 18.3 Å². The lowest BCUT2D eigenvalue weighted by atomic mass is 9.43. The zero-order chi connectivity index (χ0) is 36.5. The van der Waals surface area contributed by atoms with E-state index in [1.165, 1.54) is 0 Å². The lowest BCUT2D eigenvalue weighted by Crippen LogP contribution is -2.63. The molecule has 50 heavy (non-hydrogen) atoms. The van der Waals surface area contributed by atoms with Crippen LogP contribution in [-0.2, 0) is 38.1 Å². The highest BCUT2D eigenvalue weighted by molar-refractivity contribution is 5.71. The van der Waals surface area contributed by atoms with Gasteiger partial charge in [-0.2, -0.15) is 0 Å². The van der Waals surface area contributed by atoms with Crippen LogP contribution >= 0.6 is 0 Å². The van der Waals surface area contributed by atoms with Crippen molar-refractivity contribution in [2.24, 2.45) is 57.8 Å². The number of esters is 4. The second-order valence-corrected chi connectivity index (χ2v) is 16.5. The van der Waals surface area contributed by atoms with E-state index in [0.717, 1.165) is 70.6 Å². The molecule has 0 aliphatic heterocycles. The Balaban J connectivity index is 1.61. The summed E-state index contributed by atoms with van der Waals surface area (Å²) < 4.78 is 24.4. The molecule has 0 radical (unpaired) electrons. The maximum absolute atomic E-state index is 13.2. The zero-order valence-electron chi connectivity index (χ0n) is 31.8. The summed E-state index contributed by atoms with van der Waals surface area (Å²) in [7, 11) is 0. The van der Waals surface area contributed by atoms with Crippen molar-refractivity contribution in [3.8, 4) is 0 Å². The summed E-state index contributed by atoms with van der Waals surface area (Å²) in [5, 5.41) is 0. The van der Waals surface area contributed by atoms with Gasteiger partial charge in [0.15, 0.2) is 0 Å². The van der Waals surface area contributed by atoms with E-state index in [0.29, 0.717) is 32.3 Å². The van der Waals surface area contributed by atoms with Crippen molar-refractivity contribution in [2.75, 3.05) is 19.7 Å². The average molecular weight is 705 g/mol. The predicted molar refractivity (Wildman–Crippen MR) is 191 cm³/mol. The van der Waals surface area contributed by atoms with Crippen molar-refractivity contribution in [1.29, 1.82) is 0 Å². The van der Waals surface area contributed by atoms with Crippen LogP contribution in [-0.4, -0.2) is 61.9 Å². The van der Waals surface area contributed by atoms with Crippen LogP contribution in [0.3, 0.4) is 0 Å². The van der Waals surface area contributed by atoms with E-state index in [-0.39, 0.29) is 114 Å². The number of hydrogen-bond acceptors (Lipinski definition) is 10. The first-order valence-corrected chi connectivity index (χ1v) is 20.1. The van der Waals surface area contributed by atoms with Crippen LogP contribution in [0, 0.1) is 46.3 Å². The third-order valence-corrected chi connectivity index (χ3v) is 13.5. The van der Waals surface area contributed by atoms with Crippen LogP contribution in [0.4, 0.5) is 0 Å². The standard InChI is InChI=1S/C40H68N2O8/c1-6-8-9-10-22-47-34(43)15-12-26(3)29-13-14-30-38-31(25-33(40(29,30)5)50-37(46)18-21-42)39(4)19-16-28(48-35(44)11-7-2)23-27(39)24-32(38)49-36(45)17-20-41/h26-33,38H,6-25,41-42H2,1-5H3/t26-,27+,28-,29-,30+,31+,32-,33+,38+,39+,40-/m1/s1. The minimum Gasteiger partial charge on any atom is -0.466 e. The van der Waals surface area contributed by atoms with Gasteiger partial charge in [-0.1, -0.05) is 53.9 Å². The molecule has 10 heteroatoms. The van der Waals surface area contributed by atoms with E-state index in [1.54, 1.807) is 0 Å². The minimum absolute atomic E-state index is 0.0838. The highest BCUT2D eigenvalue weighted by Crippen LogP contribution is 2.69. The second-order valence-electron chi connectivity index (χ2n) is 16.5. The lowest BCUT2D eigenvalue weighted by Gasteiger charge is -2.64.